The summed E-state index contributed by atoms with van der Waals surface area (Å²) in [5.41, 5.74) is 5.69. The highest BCUT2D eigenvalue weighted by molar-refractivity contribution is 5.63. The number of fused-ring (bicyclic) bond motifs is 3. The molecule has 0 N–H and O–H groups in total. The Kier molecular flexibility index (Phi) is 4.68. The summed E-state index contributed by atoms with van der Waals surface area (Å²) in [5, 5.41) is 0. The monoisotopic (exact) mass is 253 g/mol. The molecule has 1 aromatic rings. The Bertz CT molecular complexity index is 528. The highest BCUT2D eigenvalue weighted by atomic mass is 15.1. The highest BCUT2D eigenvalue weighted by Gasteiger charge is 2.19. The second kappa shape index (κ2) is 6.48. The van der Waals surface area contributed by atoms with E-state index in [2.05, 4.69) is 47.9 Å². The van der Waals surface area contributed by atoms with Gasteiger partial charge in [0.2, 0.25) is 0 Å². The average molecular weight is 253 g/mol. The van der Waals surface area contributed by atoms with Crippen LogP contribution in [0.2, 0.25) is 0 Å². The third-order valence-electron chi connectivity index (χ3n) is 3.65. The summed E-state index contributed by atoms with van der Waals surface area (Å²) in [6.45, 7) is 7.07. The predicted molar refractivity (Wildman–Crippen MR) is 83.3 cm³/mol. The van der Waals surface area contributed by atoms with E-state index in [4.69, 9.17) is 0 Å². The van der Waals surface area contributed by atoms with E-state index in [0.717, 1.165) is 19.4 Å². The van der Waals surface area contributed by atoms with Crippen molar-refractivity contribution in [3.8, 4) is 11.8 Å². The van der Waals surface area contributed by atoms with Gasteiger partial charge in [-0.15, -0.1) is 0 Å². The van der Waals surface area contributed by atoms with Crippen LogP contribution in [0.4, 0.5) is 5.69 Å². The topological polar surface area (TPSA) is 3.24 Å². The molecule has 0 aromatic heterocycles. The van der Waals surface area contributed by atoms with E-state index in [9.17, 15) is 0 Å². The summed E-state index contributed by atoms with van der Waals surface area (Å²) in [6, 6.07) is 6.92. The van der Waals surface area contributed by atoms with Gasteiger partial charge in [0.25, 0.3) is 0 Å². The molecule has 2 aliphatic rings. The molecule has 2 heterocycles. The summed E-state index contributed by atoms with van der Waals surface area (Å²) >= 11 is 0. The summed E-state index contributed by atoms with van der Waals surface area (Å²) in [5.74, 6) is 6.31. The fourth-order valence-corrected chi connectivity index (χ4v) is 2.64. The van der Waals surface area contributed by atoms with Gasteiger partial charge in [0.15, 0.2) is 0 Å². The lowest BCUT2D eigenvalue weighted by molar-refractivity contribution is 0.812. The number of rotatable bonds is 1. The first-order valence-electron chi connectivity index (χ1n) is 7.45. The second-order valence-corrected chi connectivity index (χ2v) is 4.71. The number of hydrogen-bond donors (Lipinski definition) is 0. The van der Waals surface area contributed by atoms with Crippen LogP contribution in [0.25, 0.3) is 0 Å². The summed E-state index contributed by atoms with van der Waals surface area (Å²) < 4.78 is 0. The molecule has 0 aliphatic carbocycles. The van der Waals surface area contributed by atoms with Gasteiger partial charge in [0, 0.05) is 17.5 Å². The number of nitrogens with zero attached hydrogens (tertiary/aromatic N) is 1. The molecule has 0 fully saturated rings. The van der Waals surface area contributed by atoms with E-state index < -0.39 is 0 Å². The molecule has 0 saturated heterocycles. The molecule has 0 radical (unpaired) electrons. The molecular formula is C18H23N. The quantitative estimate of drug-likeness (QED) is 0.674. The van der Waals surface area contributed by atoms with Gasteiger partial charge in [-0.25, -0.2) is 0 Å². The molecule has 19 heavy (non-hydrogen) atoms. The highest BCUT2D eigenvalue weighted by Crippen LogP contribution is 2.32. The molecule has 0 spiro atoms. The molecular weight excluding hydrogens is 230 g/mol. The van der Waals surface area contributed by atoms with Crippen LogP contribution < -0.4 is 4.90 Å². The van der Waals surface area contributed by atoms with Crippen molar-refractivity contribution in [1.29, 1.82) is 0 Å². The van der Waals surface area contributed by atoms with Crippen molar-refractivity contribution in [2.45, 2.75) is 46.5 Å². The Labute approximate surface area is 117 Å². The van der Waals surface area contributed by atoms with Gasteiger partial charge in [-0.3, -0.25) is 0 Å². The molecule has 2 aliphatic heterocycles. The summed E-state index contributed by atoms with van der Waals surface area (Å²) in [7, 11) is 0. The Morgan fingerprint density at radius 1 is 1.21 bits per heavy atom. The molecule has 0 bridgehead atoms. The number of aryl methyl sites for hydroxylation is 2. The van der Waals surface area contributed by atoms with Crippen molar-refractivity contribution in [1.82, 2.24) is 0 Å². The maximum absolute atomic E-state index is 3.19. The van der Waals surface area contributed by atoms with E-state index >= 15 is 0 Å². The summed E-state index contributed by atoms with van der Waals surface area (Å²) in [6.07, 6.45) is 6.78. The number of benzene rings is 1. The number of allylic oxidation sites excluding steroid dienone is 2. The molecule has 3 rings (SSSR count). The third kappa shape index (κ3) is 2.84. The minimum absolute atomic E-state index is 0.853. The van der Waals surface area contributed by atoms with Crippen LogP contribution >= 0.6 is 0 Å². The number of anilines is 1. The molecule has 0 atom stereocenters. The molecule has 1 aromatic carbocycles. The maximum Gasteiger partial charge on any atom is 0.0843 e. The van der Waals surface area contributed by atoms with Crippen LogP contribution in [0.3, 0.4) is 0 Å². The summed E-state index contributed by atoms with van der Waals surface area (Å²) in [4.78, 5) is 2.40. The molecule has 1 nitrogen and oxygen atoms in total. The van der Waals surface area contributed by atoms with Gasteiger partial charge in [-0.05, 0) is 42.9 Å². The number of hydrogen-bond acceptors (Lipinski definition) is 1. The molecule has 100 valence electrons. The van der Waals surface area contributed by atoms with Gasteiger partial charge >= 0.3 is 0 Å². The van der Waals surface area contributed by atoms with Crippen LogP contribution in [0.15, 0.2) is 30.0 Å². The van der Waals surface area contributed by atoms with Crippen LogP contribution in [-0.4, -0.2) is 6.54 Å². The van der Waals surface area contributed by atoms with E-state index in [0.29, 0.717) is 0 Å². The first kappa shape index (κ1) is 13.7. The van der Waals surface area contributed by atoms with Gasteiger partial charge in [0.1, 0.15) is 0 Å². The Morgan fingerprint density at radius 3 is 2.84 bits per heavy atom. The third-order valence-corrected chi connectivity index (χ3v) is 3.65. The zero-order valence-electron chi connectivity index (χ0n) is 12.3. The van der Waals surface area contributed by atoms with Crippen molar-refractivity contribution in [3.63, 3.8) is 0 Å². The zero-order valence-corrected chi connectivity index (χ0v) is 12.3. The van der Waals surface area contributed by atoms with Crippen LogP contribution in [0.1, 0.15) is 44.7 Å². The Hall–Kier alpha value is -1.68. The van der Waals surface area contributed by atoms with E-state index in [1.54, 1.807) is 0 Å². The molecule has 0 unspecified atom stereocenters. The van der Waals surface area contributed by atoms with E-state index in [1.165, 1.54) is 35.4 Å². The van der Waals surface area contributed by atoms with E-state index in [1.807, 2.05) is 13.8 Å². The first-order valence-corrected chi connectivity index (χ1v) is 7.45. The minimum Gasteiger partial charge on any atom is -0.333 e. The van der Waals surface area contributed by atoms with Gasteiger partial charge in [-0.2, -0.15) is 0 Å². The fraction of sp³-hybridized carbons (Fsp3) is 0.444. The smallest absolute Gasteiger partial charge is 0.0843 e. The largest absolute Gasteiger partial charge is 0.333 e. The van der Waals surface area contributed by atoms with Crippen molar-refractivity contribution >= 4 is 5.69 Å². The molecule has 0 saturated carbocycles. The van der Waals surface area contributed by atoms with Crippen LogP contribution in [-0.2, 0) is 12.8 Å². The second-order valence-electron chi connectivity index (χ2n) is 4.71. The van der Waals surface area contributed by atoms with Gasteiger partial charge in [0.05, 0.1) is 6.54 Å². The van der Waals surface area contributed by atoms with Crippen LogP contribution in [0, 0.1) is 11.8 Å². The average Bonchev–Trinajstić information content (AvgIpc) is 2.68. The first-order chi connectivity index (χ1) is 9.38. The van der Waals surface area contributed by atoms with Crippen molar-refractivity contribution in [2.24, 2.45) is 0 Å². The normalized spacial score (nSPS) is 15.7. The molecule has 1 heteroatoms. The van der Waals surface area contributed by atoms with Crippen molar-refractivity contribution in [3.05, 3.63) is 41.1 Å². The zero-order chi connectivity index (χ0) is 13.7. The fourth-order valence-electron chi connectivity index (χ4n) is 2.64. The maximum atomic E-state index is 3.19. The van der Waals surface area contributed by atoms with Crippen LogP contribution in [0.5, 0.6) is 0 Å². The predicted octanol–water partition coefficient (Wildman–Crippen LogP) is 4.32. The molecule has 0 amide bonds. The standard InChI is InChI=1S/C16H17N.C2H6/c1-2-13-9-10-14-6-5-8-15-7-3-4-11-17(15)16(14)12-13;1-2/h7,9-10,12H,2,5-6,8,11H2,1H3;1-2H3. The van der Waals surface area contributed by atoms with Crippen molar-refractivity contribution < 1.29 is 0 Å². The van der Waals surface area contributed by atoms with E-state index in [-0.39, 0.29) is 0 Å². The lowest BCUT2D eigenvalue weighted by atomic mass is 10.0. The lowest BCUT2D eigenvalue weighted by Gasteiger charge is -2.26. The Morgan fingerprint density at radius 2 is 2.05 bits per heavy atom. The van der Waals surface area contributed by atoms with Crippen molar-refractivity contribution in [2.75, 3.05) is 11.4 Å². The SMILES string of the molecule is CC.CCc1ccc2c(c1)N1CC#CC=C1CCC2. The Balaban J connectivity index is 0.000000637. The lowest BCUT2D eigenvalue weighted by Crippen LogP contribution is -2.24. The minimum atomic E-state index is 0.853. The van der Waals surface area contributed by atoms with Gasteiger partial charge in [-0.1, -0.05) is 44.7 Å². The van der Waals surface area contributed by atoms with Gasteiger partial charge < -0.3 is 4.90 Å².